The second-order valence-corrected chi connectivity index (χ2v) is 6.00. The number of benzene rings is 2. The first-order chi connectivity index (χ1) is 13.2. The number of non-ortho nitro benzene ring substituents is 1. The number of hydrogen-bond acceptors (Lipinski definition) is 6. The maximum atomic E-state index is 10.9. The molecule has 2 N–H and O–H groups in total. The molecule has 27 heavy (non-hydrogen) atoms. The van der Waals surface area contributed by atoms with E-state index in [1.165, 1.54) is 12.1 Å². The number of nitro groups is 1. The number of hydrogen-bond donors (Lipinski definition) is 2. The van der Waals surface area contributed by atoms with Crippen LogP contribution in [0.4, 0.5) is 5.69 Å². The third-order valence-electron chi connectivity index (χ3n) is 4.44. The second kappa shape index (κ2) is 5.70. The molecule has 0 radical (unpaired) electrons. The first-order valence-electron chi connectivity index (χ1n) is 8.11. The smallest absolute Gasteiger partial charge is 0.269 e. The predicted octanol–water partition coefficient (Wildman–Crippen LogP) is 3.47. The average Bonchev–Trinajstić information content (AvgIpc) is 3.35. The number of nitrogens with one attached hydrogen (secondary N) is 2. The van der Waals surface area contributed by atoms with E-state index in [9.17, 15) is 10.1 Å². The van der Waals surface area contributed by atoms with Gasteiger partial charge >= 0.3 is 0 Å². The molecule has 0 atom stereocenters. The van der Waals surface area contributed by atoms with Crippen LogP contribution in [0.25, 0.3) is 44.6 Å². The van der Waals surface area contributed by atoms with Crippen molar-refractivity contribution >= 4 is 27.5 Å². The highest BCUT2D eigenvalue weighted by atomic mass is 16.6. The van der Waals surface area contributed by atoms with Gasteiger partial charge in [-0.2, -0.15) is 0 Å². The van der Waals surface area contributed by atoms with Crippen LogP contribution in [0.1, 0.15) is 0 Å². The van der Waals surface area contributed by atoms with Gasteiger partial charge in [-0.15, -0.1) is 5.10 Å². The summed E-state index contributed by atoms with van der Waals surface area (Å²) in [5.41, 5.74) is 3.87. The van der Waals surface area contributed by atoms with Gasteiger partial charge in [-0.05, 0) is 34.7 Å². The molecule has 0 aliphatic carbocycles. The molecule has 3 aromatic heterocycles. The first kappa shape index (κ1) is 15.1. The maximum Gasteiger partial charge on any atom is 0.269 e. The zero-order valence-corrected chi connectivity index (χ0v) is 13.7. The summed E-state index contributed by atoms with van der Waals surface area (Å²) in [4.78, 5) is 18.6. The number of para-hydroxylation sites is 1. The zero-order chi connectivity index (χ0) is 18.4. The molecule has 9 heteroatoms. The van der Waals surface area contributed by atoms with Gasteiger partial charge in [-0.1, -0.05) is 18.2 Å². The lowest BCUT2D eigenvalue weighted by Crippen LogP contribution is -1.93. The van der Waals surface area contributed by atoms with Gasteiger partial charge in [0.05, 0.1) is 16.1 Å². The highest BCUT2D eigenvalue weighted by Crippen LogP contribution is 2.34. The van der Waals surface area contributed by atoms with Crippen molar-refractivity contribution in [3.63, 3.8) is 0 Å². The molecule has 0 aliphatic rings. The normalized spacial score (nSPS) is 11.3. The Labute approximate surface area is 151 Å². The first-order valence-corrected chi connectivity index (χ1v) is 8.11. The molecule has 0 unspecified atom stereocenters. The third kappa shape index (κ3) is 2.41. The van der Waals surface area contributed by atoms with Crippen LogP contribution in [0.2, 0.25) is 0 Å². The minimum Gasteiger partial charge on any atom is -0.353 e. The van der Waals surface area contributed by atoms with Crippen LogP contribution < -0.4 is 0 Å². The van der Waals surface area contributed by atoms with Crippen LogP contribution >= 0.6 is 0 Å². The molecule has 5 aromatic rings. The summed E-state index contributed by atoms with van der Waals surface area (Å²) in [7, 11) is 0. The summed E-state index contributed by atoms with van der Waals surface area (Å²) in [5.74, 6) is 0.449. The number of nitro benzene ring substituents is 1. The van der Waals surface area contributed by atoms with Gasteiger partial charge in [-0.25, -0.2) is 10.1 Å². The Morgan fingerprint density at radius 1 is 1.00 bits per heavy atom. The molecular formula is C18H11N7O2. The number of aromatic nitrogens is 6. The molecule has 5 rings (SSSR count). The molecule has 0 bridgehead atoms. The largest absolute Gasteiger partial charge is 0.353 e. The van der Waals surface area contributed by atoms with Crippen molar-refractivity contribution in [2.45, 2.75) is 0 Å². The lowest BCUT2D eigenvalue weighted by atomic mass is 10.1. The topological polar surface area (TPSA) is 126 Å². The summed E-state index contributed by atoms with van der Waals surface area (Å²) in [6.07, 6.45) is 0. The van der Waals surface area contributed by atoms with Crippen LogP contribution in [0.15, 0.2) is 54.6 Å². The van der Waals surface area contributed by atoms with E-state index in [2.05, 4.69) is 25.6 Å². The highest BCUT2D eigenvalue weighted by molar-refractivity contribution is 6.12. The minimum atomic E-state index is -0.424. The number of tetrazole rings is 1. The van der Waals surface area contributed by atoms with Crippen molar-refractivity contribution in [3.05, 3.63) is 64.7 Å². The fraction of sp³-hybridized carbons (Fsp3) is 0. The highest BCUT2D eigenvalue weighted by Gasteiger charge is 2.16. The molecule has 0 saturated heterocycles. The number of H-pyrrole nitrogens is 2. The van der Waals surface area contributed by atoms with Gasteiger partial charge in [0.1, 0.15) is 5.69 Å². The number of nitrogens with zero attached hydrogens (tertiary/aromatic N) is 5. The van der Waals surface area contributed by atoms with Crippen molar-refractivity contribution in [1.82, 2.24) is 30.6 Å². The summed E-state index contributed by atoms with van der Waals surface area (Å²) in [5, 5.41) is 26.9. The molecule has 130 valence electrons. The zero-order valence-electron chi connectivity index (χ0n) is 13.7. The molecule has 3 heterocycles. The van der Waals surface area contributed by atoms with Gasteiger partial charge in [-0.3, -0.25) is 10.1 Å². The van der Waals surface area contributed by atoms with Crippen LogP contribution in [0.5, 0.6) is 0 Å². The molecule has 0 amide bonds. The molecule has 0 fully saturated rings. The van der Waals surface area contributed by atoms with E-state index >= 15 is 0 Å². The summed E-state index contributed by atoms with van der Waals surface area (Å²) in [6, 6.07) is 16.2. The van der Waals surface area contributed by atoms with E-state index in [1.807, 2.05) is 30.3 Å². The fourth-order valence-electron chi connectivity index (χ4n) is 3.18. The van der Waals surface area contributed by atoms with Gasteiger partial charge in [0.25, 0.3) is 5.69 Å². The van der Waals surface area contributed by atoms with E-state index in [-0.39, 0.29) is 5.69 Å². The number of aromatic amines is 2. The predicted molar refractivity (Wildman–Crippen MR) is 98.9 cm³/mol. The average molecular weight is 357 g/mol. The summed E-state index contributed by atoms with van der Waals surface area (Å²) >= 11 is 0. The van der Waals surface area contributed by atoms with Crippen LogP contribution in [-0.4, -0.2) is 35.5 Å². The van der Waals surface area contributed by atoms with Crippen molar-refractivity contribution in [1.29, 1.82) is 0 Å². The van der Waals surface area contributed by atoms with Crippen molar-refractivity contribution in [2.75, 3.05) is 0 Å². The van der Waals surface area contributed by atoms with Crippen molar-refractivity contribution in [3.8, 4) is 22.8 Å². The van der Waals surface area contributed by atoms with Crippen molar-refractivity contribution < 1.29 is 4.92 Å². The Hall–Kier alpha value is -4.14. The number of rotatable bonds is 3. The van der Waals surface area contributed by atoms with Gasteiger partial charge < -0.3 is 4.98 Å². The van der Waals surface area contributed by atoms with E-state index in [4.69, 9.17) is 4.98 Å². The summed E-state index contributed by atoms with van der Waals surface area (Å²) in [6.45, 7) is 0. The van der Waals surface area contributed by atoms with E-state index in [0.717, 1.165) is 27.4 Å². The Balaban J connectivity index is 1.82. The van der Waals surface area contributed by atoms with Gasteiger partial charge in [0.2, 0.25) is 0 Å². The van der Waals surface area contributed by atoms with Crippen LogP contribution in [-0.2, 0) is 0 Å². The molecular weight excluding hydrogens is 346 g/mol. The van der Waals surface area contributed by atoms with E-state index < -0.39 is 4.92 Å². The molecule has 2 aromatic carbocycles. The monoisotopic (exact) mass is 357 g/mol. The molecule has 0 spiro atoms. The number of pyridine rings is 1. The lowest BCUT2D eigenvalue weighted by molar-refractivity contribution is -0.384. The van der Waals surface area contributed by atoms with Crippen molar-refractivity contribution in [2.24, 2.45) is 0 Å². The molecule has 0 saturated carbocycles. The number of fused-ring (bicyclic) bond motifs is 3. The van der Waals surface area contributed by atoms with Crippen LogP contribution in [0.3, 0.4) is 0 Å². The Morgan fingerprint density at radius 3 is 2.56 bits per heavy atom. The minimum absolute atomic E-state index is 0.0298. The van der Waals surface area contributed by atoms with Crippen LogP contribution in [0, 0.1) is 10.1 Å². The molecule has 0 aliphatic heterocycles. The summed E-state index contributed by atoms with van der Waals surface area (Å²) < 4.78 is 0. The lowest BCUT2D eigenvalue weighted by Gasteiger charge is -2.06. The quantitative estimate of drug-likeness (QED) is 0.376. The Kier molecular flexibility index (Phi) is 3.20. The van der Waals surface area contributed by atoms with E-state index in [0.29, 0.717) is 17.2 Å². The Morgan fingerprint density at radius 2 is 1.81 bits per heavy atom. The maximum absolute atomic E-state index is 10.9. The van der Waals surface area contributed by atoms with E-state index in [1.54, 1.807) is 12.1 Å². The van der Waals surface area contributed by atoms with Gasteiger partial charge in [0, 0.05) is 34.0 Å². The second-order valence-electron chi connectivity index (χ2n) is 6.00. The standard InChI is InChI=1S/C18H11N7O2/c26-25(27)11-7-5-10(6-8-11)16-17-13(12-3-1-2-4-14(12)19-17)9-15(20-16)18-21-23-24-22-18/h1-9,19H,(H,21,22,23,24). The Bertz CT molecular complexity index is 1290. The van der Waals surface area contributed by atoms with Gasteiger partial charge in [0.15, 0.2) is 5.82 Å². The third-order valence-corrected chi connectivity index (χ3v) is 4.44. The fourth-order valence-corrected chi connectivity index (χ4v) is 3.18. The SMILES string of the molecule is O=[N+]([O-])c1ccc(-c2nc(-c3nnn[nH]3)cc3c2[nH]c2ccccc23)cc1. The molecule has 9 nitrogen and oxygen atoms in total.